The zero-order chi connectivity index (χ0) is 14.5. The topological polar surface area (TPSA) is 59.6 Å². The molecule has 0 atom stereocenters. The van der Waals surface area contributed by atoms with Crippen LogP contribution in [0, 0.1) is 0 Å². The van der Waals surface area contributed by atoms with Gasteiger partial charge < -0.3 is 10.5 Å². The van der Waals surface area contributed by atoms with Gasteiger partial charge in [-0.25, -0.2) is 0 Å². The summed E-state index contributed by atoms with van der Waals surface area (Å²) in [5.41, 5.74) is 7.38. The molecule has 0 spiro atoms. The van der Waals surface area contributed by atoms with Crippen molar-refractivity contribution in [1.82, 2.24) is 5.43 Å². The molecule has 4 nitrogen and oxygen atoms in total. The highest BCUT2D eigenvalue weighted by atomic mass is 19.4. The van der Waals surface area contributed by atoms with Crippen molar-refractivity contribution in [3.05, 3.63) is 41.6 Å². The zero-order valence-electron chi connectivity index (χ0n) is 10.5. The third-order valence-corrected chi connectivity index (χ3v) is 2.19. The molecule has 0 radical (unpaired) electrons. The van der Waals surface area contributed by atoms with E-state index < -0.39 is 11.7 Å². The molecule has 19 heavy (non-hydrogen) atoms. The Morgan fingerprint density at radius 1 is 1.37 bits per heavy atom. The van der Waals surface area contributed by atoms with Gasteiger partial charge in [0.25, 0.3) is 0 Å². The van der Waals surface area contributed by atoms with Gasteiger partial charge in [-0.2, -0.15) is 18.3 Å². The van der Waals surface area contributed by atoms with Crippen LogP contribution < -0.4 is 15.9 Å². The molecule has 0 fully saturated rings. The summed E-state index contributed by atoms with van der Waals surface area (Å²) in [5.74, 6) is -0.00323. The highest BCUT2D eigenvalue weighted by Gasteiger charge is 2.31. The SMILES string of the molecule is C/C=C\N/N=C(\N)c1cc(OC)cc(C(F)(F)F)c1. The number of allylic oxidation sites excluding steroid dienone is 1. The molecule has 0 amide bonds. The summed E-state index contributed by atoms with van der Waals surface area (Å²) < 4.78 is 42.9. The lowest BCUT2D eigenvalue weighted by atomic mass is 10.1. The summed E-state index contributed by atoms with van der Waals surface area (Å²) in [6, 6.07) is 3.19. The minimum Gasteiger partial charge on any atom is -0.497 e. The summed E-state index contributed by atoms with van der Waals surface area (Å²) in [6.45, 7) is 1.76. The molecule has 0 aliphatic rings. The smallest absolute Gasteiger partial charge is 0.416 e. The Morgan fingerprint density at radius 2 is 2.05 bits per heavy atom. The van der Waals surface area contributed by atoms with Crippen molar-refractivity contribution in [1.29, 1.82) is 0 Å². The molecule has 1 aromatic carbocycles. The number of hydrogen-bond donors (Lipinski definition) is 2. The van der Waals surface area contributed by atoms with E-state index >= 15 is 0 Å². The van der Waals surface area contributed by atoms with E-state index in [4.69, 9.17) is 10.5 Å². The molecule has 0 heterocycles. The number of nitrogens with zero attached hydrogens (tertiary/aromatic N) is 1. The number of hydrazone groups is 1. The molecule has 0 aromatic heterocycles. The molecular weight excluding hydrogens is 259 g/mol. The van der Waals surface area contributed by atoms with Crippen LogP contribution in [-0.2, 0) is 6.18 Å². The first-order valence-corrected chi connectivity index (χ1v) is 5.35. The van der Waals surface area contributed by atoms with E-state index in [-0.39, 0.29) is 17.1 Å². The quantitative estimate of drug-likeness (QED) is 0.503. The van der Waals surface area contributed by atoms with E-state index in [1.807, 2.05) is 0 Å². The number of ether oxygens (including phenoxy) is 1. The average molecular weight is 273 g/mol. The van der Waals surface area contributed by atoms with E-state index in [1.54, 1.807) is 13.0 Å². The van der Waals surface area contributed by atoms with Crippen LogP contribution in [-0.4, -0.2) is 12.9 Å². The predicted molar refractivity (Wildman–Crippen MR) is 66.7 cm³/mol. The highest BCUT2D eigenvalue weighted by molar-refractivity contribution is 5.97. The van der Waals surface area contributed by atoms with Gasteiger partial charge in [0.15, 0.2) is 5.84 Å². The number of alkyl halides is 3. The first-order chi connectivity index (χ1) is 8.88. The Morgan fingerprint density at radius 3 is 2.58 bits per heavy atom. The third-order valence-electron chi connectivity index (χ3n) is 2.19. The first kappa shape index (κ1) is 14.9. The van der Waals surface area contributed by atoms with Crippen molar-refractivity contribution < 1.29 is 17.9 Å². The molecule has 3 N–H and O–H groups in total. The summed E-state index contributed by atoms with van der Waals surface area (Å²) in [6.07, 6.45) is -1.30. The first-order valence-electron chi connectivity index (χ1n) is 5.35. The summed E-state index contributed by atoms with van der Waals surface area (Å²) in [4.78, 5) is 0. The third kappa shape index (κ3) is 4.20. The summed E-state index contributed by atoms with van der Waals surface area (Å²) >= 11 is 0. The Balaban J connectivity index is 3.17. The van der Waals surface area contributed by atoms with Gasteiger partial charge in [0.2, 0.25) is 0 Å². The molecule has 1 rings (SSSR count). The number of nitrogens with two attached hydrogens (primary N) is 1. The van der Waals surface area contributed by atoms with Gasteiger partial charge in [-0.15, -0.1) is 0 Å². The van der Waals surface area contributed by atoms with Crippen molar-refractivity contribution in [3.8, 4) is 5.75 Å². The minimum atomic E-state index is -4.47. The fourth-order valence-electron chi connectivity index (χ4n) is 1.27. The molecule has 0 aliphatic heterocycles. The average Bonchev–Trinajstić information content (AvgIpc) is 2.37. The van der Waals surface area contributed by atoms with Gasteiger partial charge in [-0.05, 0) is 25.1 Å². The van der Waals surface area contributed by atoms with E-state index in [9.17, 15) is 13.2 Å². The number of halogens is 3. The Labute approximate surface area is 108 Å². The van der Waals surface area contributed by atoms with Crippen molar-refractivity contribution in [3.63, 3.8) is 0 Å². The van der Waals surface area contributed by atoms with E-state index in [0.717, 1.165) is 12.1 Å². The van der Waals surface area contributed by atoms with Crippen LogP contribution in [0.4, 0.5) is 13.2 Å². The second-order valence-electron chi connectivity index (χ2n) is 3.57. The maximum Gasteiger partial charge on any atom is 0.416 e. The van der Waals surface area contributed by atoms with Crippen LogP contribution in [0.25, 0.3) is 0 Å². The van der Waals surface area contributed by atoms with Gasteiger partial charge in [0.05, 0.1) is 12.7 Å². The maximum absolute atomic E-state index is 12.7. The molecule has 0 saturated carbocycles. The van der Waals surface area contributed by atoms with Crippen molar-refractivity contribution in [2.24, 2.45) is 10.8 Å². The normalized spacial score (nSPS) is 12.8. The lowest BCUT2D eigenvalue weighted by Gasteiger charge is -2.11. The second-order valence-corrected chi connectivity index (χ2v) is 3.57. The van der Waals surface area contributed by atoms with Crippen LogP contribution in [0.15, 0.2) is 35.6 Å². The van der Waals surface area contributed by atoms with E-state index in [1.165, 1.54) is 19.4 Å². The molecule has 1 aromatic rings. The zero-order valence-corrected chi connectivity index (χ0v) is 10.5. The second kappa shape index (κ2) is 6.12. The van der Waals surface area contributed by atoms with Gasteiger partial charge in [0, 0.05) is 11.8 Å². The van der Waals surface area contributed by atoms with Crippen molar-refractivity contribution >= 4 is 5.84 Å². The van der Waals surface area contributed by atoms with Gasteiger partial charge >= 0.3 is 6.18 Å². The molecule has 104 valence electrons. The fourth-order valence-corrected chi connectivity index (χ4v) is 1.27. The van der Waals surface area contributed by atoms with Crippen LogP contribution in [0.1, 0.15) is 18.1 Å². The van der Waals surface area contributed by atoms with Crippen molar-refractivity contribution in [2.45, 2.75) is 13.1 Å². The summed E-state index contributed by atoms with van der Waals surface area (Å²) in [5, 5.41) is 3.72. The lowest BCUT2D eigenvalue weighted by Crippen LogP contribution is -2.18. The summed E-state index contributed by atoms with van der Waals surface area (Å²) in [7, 11) is 1.28. The molecule has 0 saturated heterocycles. The molecular formula is C12H14F3N3O. The number of benzene rings is 1. The minimum absolute atomic E-state index is 0.0639. The standard InChI is InChI=1S/C12H14F3N3O/c1-3-4-17-18-11(16)8-5-9(12(13,14)15)7-10(6-8)19-2/h3-7,17H,1-2H3,(H2,16,18)/b4-3-. The molecule has 0 aliphatic carbocycles. The molecule has 0 bridgehead atoms. The van der Waals surface area contributed by atoms with Crippen LogP contribution in [0.2, 0.25) is 0 Å². The number of amidine groups is 1. The monoisotopic (exact) mass is 273 g/mol. The Hall–Kier alpha value is -2.18. The van der Waals surface area contributed by atoms with Crippen LogP contribution >= 0.6 is 0 Å². The fraction of sp³-hybridized carbons (Fsp3) is 0.250. The molecule has 7 heteroatoms. The number of methoxy groups -OCH3 is 1. The highest BCUT2D eigenvalue weighted by Crippen LogP contribution is 2.32. The van der Waals surface area contributed by atoms with Crippen LogP contribution in [0.5, 0.6) is 5.75 Å². The Bertz CT molecular complexity index is 495. The lowest BCUT2D eigenvalue weighted by molar-refractivity contribution is -0.137. The predicted octanol–water partition coefficient (Wildman–Crippen LogP) is 2.46. The van der Waals surface area contributed by atoms with Crippen molar-refractivity contribution in [2.75, 3.05) is 7.11 Å². The van der Waals surface area contributed by atoms with E-state index in [2.05, 4.69) is 10.5 Å². The largest absolute Gasteiger partial charge is 0.497 e. The number of rotatable bonds is 4. The number of nitrogens with one attached hydrogen (secondary N) is 1. The molecule has 0 unspecified atom stereocenters. The number of hydrogen-bond acceptors (Lipinski definition) is 3. The van der Waals surface area contributed by atoms with Gasteiger partial charge in [-0.3, -0.25) is 5.43 Å². The van der Waals surface area contributed by atoms with Crippen LogP contribution in [0.3, 0.4) is 0 Å². The Kier molecular flexibility index (Phi) is 4.80. The van der Waals surface area contributed by atoms with Gasteiger partial charge in [-0.1, -0.05) is 6.08 Å². The van der Waals surface area contributed by atoms with Gasteiger partial charge in [0.1, 0.15) is 5.75 Å². The van der Waals surface area contributed by atoms with E-state index in [0.29, 0.717) is 0 Å². The maximum atomic E-state index is 12.7.